The SMILES string of the molecule is COC(=O)C(CP)C(=O)OC. The van der Waals surface area contributed by atoms with E-state index in [-0.39, 0.29) is 0 Å². The highest BCUT2D eigenvalue weighted by Gasteiger charge is 2.26. The molecule has 5 heteroatoms. The molecule has 0 aliphatic carbocycles. The largest absolute Gasteiger partial charge is 0.468 e. The number of hydrogen-bond donors (Lipinski definition) is 0. The molecular weight excluding hydrogens is 167 g/mol. The fourth-order valence-electron chi connectivity index (χ4n) is 0.573. The fourth-order valence-corrected chi connectivity index (χ4v) is 0.958. The third kappa shape index (κ3) is 2.85. The Hall–Kier alpha value is -0.630. The van der Waals surface area contributed by atoms with Crippen molar-refractivity contribution in [2.24, 2.45) is 5.92 Å². The highest BCUT2D eigenvalue weighted by atomic mass is 31.0. The molecule has 4 nitrogen and oxygen atoms in total. The normalized spacial score (nSPS) is 9.45. The molecule has 0 aromatic heterocycles. The first-order chi connectivity index (χ1) is 5.17. The topological polar surface area (TPSA) is 52.6 Å². The maximum absolute atomic E-state index is 10.8. The predicted molar refractivity (Wildman–Crippen MR) is 42.1 cm³/mol. The van der Waals surface area contributed by atoms with Crippen molar-refractivity contribution in [2.75, 3.05) is 20.4 Å². The van der Waals surface area contributed by atoms with Gasteiger partial charge in [-0.15, -0.1) is 9.24 Å². The second-order valence-electron chi connectivity index (χ2n) is 1.83. The molecule has 1 unspecified atom stereocenters. The highest BCUT2D eigenvalue weighted by molar-refractivity contribution is 7.16. The molecule has 0 fully saturated rings. The summed E-state index contributed by atoms with van der Waals surface area (Å²) in [7, 11) is 4.76. The molecule has 0 aliphatic heterocycles. The number of esters is 2. The third-order valence-corrected chi connectivity index (χ3v) is 1.68. The molecule has 0 saturated heterocycles. The van der Waals surface area contributed by atoms with Crippen molar-refractivity contribution < 1.29 is 19.1 Å². The van der Waals surface area contributed by atoms with Gasteiger partial charge in [0, 0.05) is 0 Å². The number of methoxy groups -OCH3 is 2. The van der Waals surface area contributed by atoms with E-state index in [1.54, 1.807) is 0 Å². The van der Waals surface area contributed by atoms with Gasteiger partial charge in [0.25, 0.3) is 0 Å². The van der Waals surface area contributed by atoms with Crippen LogP contribution in [0.5, 0.6) is 0 Å². The molecule has 0 aromatic rings. The van der Waals surface area contributed by atoms with Gasteiger partial charge in [-0.25, -0.2) is 0 Å². The van der Waals surface area contributed by atoms with Gasteiger partial charge in [-0.05, 0) is 6.16 Å². The quantitative estimate of drug-likeness (QED) is 0.342. The molecular formula is C6H11O4P. The van der Waals surface area contributed by atoms with Gasteiger partial charge in [-0.1, -0.05) is 0 Å². The zero-order chi connectivity index (χ0) is 8.85. The lowest BCUT2D eigenvalue weighted by atomic mass is 10.2. The Morgan fingerprint density at radius 1 is 1.27 bits per heavy atom. The molecule has 0 amide bonds. The van der Waals surface area contributed by atoms with Crippen molar-refractivity contribution in [3.05, 3.63) is 0 Å². The van der Waals surface area contributed by atoms with Crippen molar-refractivity contribution in [2.45, 2.75) is 0 Å². The number of rotatable bonds is 3. The first kappa shape index (κ1) is 10.4. The Balaban J connectivity index is 4.15. The minimum atomic E-state index is -0.810. The Bertz CT molecular complexity index is 141. The monoisotopic (exact) mass is 178 g/mol. The lowest BCUT2D eigenvalue weighted by Crippen LogP contribution is -2.27. The summed E-state index contributed by atoms with van der Waals surface area (Å²) in [4.78, 5) is 21.6. The van der Waals surface area contributed by atoms with Gasteiger partial charge >= 0.3 is 11.9 Å². The van der Waals surface area contributed by atoms with Crippen molar-refractivity contribution in [1.82, 2.24) is 0 Å². The van der Waals surface area contributed by atoms with Gasteiger partial charge in [0.2, 0.25) is 0 Å². The molecule has 0 aliphatic rings. The van der Waals surface area contributed by atoms with E-state index < -0.39 is 17.9 Å². The van der Waals surface area contributed by atoms with Crippen LogP contribution >= 0.6 is 9.24 Å². The number of hydrogen-bond acceptors (Lipinski definition) is 4. The minimum absolute atomic E-state index is 0.319. The van der Waals surface area contributed by atoms with E-state index in [0.717, 1.165) is 0 Å². The Kier molecular flexibility index (Phi) is 4.79. The van der Waals surface area contributed by atoms with E-state index in [0.29, 0.717) is 6.16 Å². The van der Waals surface area contributed by atoms with Crippen molar-refractivity contribution in [1.29, 1.82) is 0 Å². The predicted octanol–water partition coefficient (Wildman–Crippen LogP) is -0.176. The molecule has 0 N–H and O–H groups in total. The summed E-state index contributed by atoms with van der Waals surface area (Å²) in [6.07, 6.45) is 0.319. The van der Waals surface area contributed by atoms with Crippen molar-refractivity contribution >= 4 is 21.2 Å². The summed E-state index contributed by atoms with van der Waals surface area (Å²) in [5.41, 5.74) is 0. The third-order valence-electron chi connectivity index (χ3n) is 1.21. The maximum atomic E-state index is 10.8. The number of carbonyl (C=O) groups is 2. The molecule has 0 spiro atoms. The van der Waals surface area contributed by atoms with Gasteiger partial charge in [0.05, 0.1) is 14.2 Å². The zero-order valence-corrected chi connectivity index (χ0v) is 7.65. The van der Waals surface area contributed by atoms with Crippen LogP contribution in [0.2, 0.25) is 0 Å². The summed E-state index contributed by atoms with van der Waals surface area (Å²) in [6, 6.07) is 0. The van der Waals surface area contributed by atoms with E-state index in [1.807, 2.05) is 0 Å². The average molecular weight is 178 g/mol. The zero-order valence-electron chi connectivity index (χ0n) is 6.49. The highest BCUT2D eigenvalue weighted by Crippen LogP contribution is 2.05. The van der Waals surface area contributed by atoms with Crippen molar-refractivity contribution in [3.63, 3.8) is 0 Å². The van der Waals surface area contributed by atoms with E-state index in [4.69, 9.17) is 0 Å². The lowest BCUT2D eigenvalue weighted by Gasteiger charge is -2.08. The summed E-state index contributed by atoms with van der Waals surface area (Å²) in [6.45, 7) is 0. The van der Waals surface area contributed by atoms with Gasteiger partial charge in [0.1, 0.15) is 0 Å². The molecule has 0 radical (unpaired) electrons. The smallest absolute Gasteiger partial charge is 0.320 e. The maximum Gasteiger partial charge on any atom is 0.320 e. The molecule has 0 bridgehead atoms. The molecule has 0 saturated carbocycles. The van der Waals surface area contributed by atoms with E-state index in [9.17, 15) is 9.59 Å². The van der Waals surface area contributed by atoms with Gasteiger partial charge in [-0.2, -0.15) is 0 Å². The van der Waals surface area contributed by atoms with Crippen LogP contribution in [-0.4, -0.2) is 32.3 Å². The van der Waals surface area contributed by atoms with Gasteiger partial charge in [0.15, 0.2) is 5.92 Å². The van der Waals surface area contributed by atoms with E-state index >= 15 is 0 Å². The summed E-state index contributed by atoms with van der Waals surface area (Å²) in [5, 5.41) is 0. The second kappa shape index (κ2) is 5.08. The minimum Gasteiger partial charge on any atom is -0.468 e. The molecule has 64 valence electrons. The van der Waals surface area contributed by atoms with Crippen LogP contribution in [0.1, 0.15) is 0 Å². The molecule has 0 rings (SSSR count). The average Bonchev–Trinajstić information content (AvgIpc) is 2.05. The van der Waals surface area contributed by atoms with Crippen LogP contribution in [-0.2, 0) is 19.1 Å². The van der Waals surface area contributed by atoms with Crippen molar-refractivity contribution in [3.8, 4) is 0 Å². The first-order valence-corrected chi connectivity index (χ1v) is 3.84. The Labute approximate surface area is 67.4 Å². The molecule has 1 atom stereocenters. The van der Waals surface area contributed by atoms with E-state index in [1.165, 1.54) is 14.2 Å². The number of ether oxygens (including phenoxy) is 2. The van der Waals surface area contributed by atoms with Crippen LogP contribution < -0.4 is 0 Å². The lowest BCUT2D eigenvalue weighted by molar-refractivity contribution is -0.157. The second-order valence-corrected chi connectivity index (χ2v) is 2.31. The van der Waals surface area contributed by atoms with Crippen LogP contribution in [0.4, 0.5) is 0 Å². The summed E-state index contributed by atoms with van der Waals surface area (Å²) < 4.78 is 8.75. The number of carbonyl (C=O) groups excluding carboxylic acids is 2. The molecule has 11 heavy (non-hydrogen) atoms. The Morgan fingerprint density at radius 2 is 1.64 bits per heavy atom. The standard InChI is InChI=1S/C6H11O4P/c1-9-5(7)4(3-11)6(8)10-2/h4H,3,11H2,1-2H3. The van der Waals surface area contributed by atoms with Gasteiger partial charge < -0.3 is 9.47 Å². The first-order valence-electron chi connectivity index (χ1n) is 3.03. The van der Waals surface area contributed by atoms with Crippen LogP contribution in [0.3, 0.4) is 0 Å². The van der Waals surface area contributed by atoms with Crippen LogP contribution in [0.25, 0.3) is 0 Å². The molecule has 0 aromatic carbocycles. The van der Waals surface area contributed by atoms with E-state index in [2.05, 4.69) is 18.7 Å². The summed E-state index contributed by atoms with van der Waals surface area (Å²) >= 11 is 0. The molecule has 0 heterocycles. The van der Waals surface area contributed by atoms with Crippen LogP contribution in [0.15, 0.2) is 0 Å². The summed E-state index contributed by atoms with van der Waals surface area (Å²) in [5.74, 6) is -1.94. The Morgan fingerprint density at radius 3 is 1.82 bits per heavy atom. The fraction of sp³-hybridized carbons (Fsp3) is 0.667. The van der Waals surface area contributed by atoms with Gasteiger partial charge in [-0.3, -0.25) is 9.59 Å². The van der Waals surface area contributed by atoms with Crippen LogP contribution in [0, 0.1) is 5.92 Å².